The molecule has 0 aliphatic carbocycles. The Bertz CT molecular complexity index is 459. The Labute approximate surface area is 87.0 Å². The number of nitrogens with zero attached hydrogens (tertiary/aromatic N) is 4. The molecule has 0 atom stereocenters. The second-order valence-electron chi connectivity index (χ2n) is 3.33. The highest BCUT2D eigenvalue weighted by molar-refractivity contribution is 5.57. The van der Waals surface area contributed by atoms with Crippen LogP contribution >= 0.6 is 0 Å². The first kappa shape index (κ1) is 9.72. The summed E-state index contributed by atoms with van der Waals surface area (Å²) in [7, 11) is 1.89. The third kappa shape index (κ3) is 1.84. The van der Waals surface area contributed by atoms with Gasteiger partial charge in [0.2, 0.25) is 0 Å². The number of anilines is 1. The van der Waals surface area contributed by atoms with Gasteiger partial charge in [-0.15, -0.1) is 0 Å². The van der Waals surface area contributed by atoms with Crippen molar-refractivity contribution in [3.8, 4) is 11.4 Å². The second kappa shape index (κ2) is 3.74. The molecule has 2 aromatic rings. The molecular formula is C9H13N5O. The third-order valence-corrected chi connectivity index (χ3v) is 2.09. The van der Waals surface area contributed by atoms with E-state index in [9.17, 15) is 0 Å². The highest BCUT2D eigenvalue weighted by Gasteiger charge is 2.08. The van der Waals surface area contributed by atoms with Gasteiger partial charge < -0.3 is 15.4 Å². The monoisotopic (exact) mass is 207 g/mol. The first-order valence-electron chi connectivity index (χ1n) is 4.63. The SMILES string of the molecule is Cn1cnc(-c2cc(N)n(CCO)n2)c1. The lowest BCUT2D eigenvalue weighted by Crippen LogP contribution is -2.07. The first-order valence-corrected chi connectivity index (χ1v) is 4.63. The normalized spacial score (nSPS) is 10.8. The van der Waals surface area contributed by atoms with Crippen LogP contribution in [0, 0.1) is 0 Å². The fraction of sp³-hybridized carbons (Fsp3) is 0.333. The van der Waals surface area contributed by atoms with Crippen LogP contribution in [0.3, 0.4) is 0 Å². The van der Waals surface area contributed by atoms with Gasteiger partial charge in [-0.25, -0.2) is 9.67 Å². The summed E-state index contributed by atoms with van der Waals surface area (Å²) in [6.07, 6.45) is 3.57. The van der Waals surface area contributed by atoms with Crippen molar-refractivity contribution in [1.82, 2.24) is 19.3 Å². The molecule has 3 N–H and O–H groups in total. The van der Waals surface area contributed by atoms with Gasteiger partial charge in [0.25, 0.3) is 0 Å². The molecule has 0 saturated carbocycles. The Morgan fingerprint density at radius 3 is 2.87 bits per heavy atom. The molecule has 0 bridgehead atoms. The van der Waals surface area contributed by atoms with Crippen molar-refractivity contribution in [2.24, 2.45) is 7.05 Å². The van der Waals surface area contributed by atoms with Crippen LogP contribution < -0.4 is 5.73 Å². The molecule has 0 amide bonds. The van der Waals surface area contributed by atoms with Gasteiger partial charge in [0.05, 0.1) is 19.5 Å². The molecule has 0 aliphatic rings. The summed E-state index contributed by atoms with van der Waals surface area (Å²) in [6.45, 7) is 0.423. The largest absolute Gasteiger partial charge is 0.394 e. The Hall–Kier alpha value is -1.82. The number of aliphatic hydroxyl groups is 1. The Balaban J connectivity index is 2.33. The van der Waals surface area contributed by atoms with Crippen molar-refractivity contribution in [2.75, 3.05) is 12.3 Å². The standard InChI is InChI=1S/C9H13N5O/c1-13-5-8(11-6-13)7-4-9(10)14(12-7)2-3-15/h4-6,15H,2-3,10H2,1H3. The van der Waals surface area contributed by atoms with Crippen molar-refractivity contribution >= 4 is 5.82 Å². The predicted molar refractivity (Wildman–Crippen MR) is 55.9 cm³/mol. The van der Waals surface area contributed by atoms with Crippen LogP contribution in [0.25, 0.3) is 11.4 Å². The van der Waals surface area contributed by atoms with Crippen LogP contribution in [0.15, 0.2) is 18.6 Å². The van der Waals surface area contributed by atoms with E-state index < -0.39 is 0 Å². The van der Waals surface area contributed by atoms with Gasteiger partial charge in [-0.1, -0.05) is 0 Å². The summed E-state index contributed by atoms with van der Waals surface area (Å²) in [5.41, 5.74) is 7.23. The molecule has 6 nitrogen and oxygen atoms in total. The average Bonchev–Trinajstić information content (AvgIpc) is 2.75. The number of aryl methyl sites for hydroxylation is 1. The van der Waals surface area contributed by atoms with Crippen LogP contribution in [0.1, 0.15) is 0 Å². The van der Waals surface area contributed by atoms with Crippen molar-refractivity contribution in [3.63, 3.8) is 0 Å². The molecule has 0 aromatic carbocycles. The highest BCUT2D eigenvalue weighted by atomic mass is 16.3. The number of nitrogen functional groups attached to an aromatic ring is 1. The molecular weight excluding hydrogens is 194 g/mol. The van der Waals surface area contributed by atoms with Crippen molar-refractivity contribution in [1.29, 1.82) is 0 Å². The van der Waals surface area contributed by atoms with E-state index in [1.165, 1.54) is 0 Å². The number of nitrogens with two attached hydrogens (primary N) is 1. The van der Waals surface area contributed by atoms with E-state index in [0.29, 0.717) is 12.4 Å². The molecule has 2 aromatic heterocycles. The van der Waals surface area contributed by atoms with Gasteiger partial charge in [0.1, 0.15) is 17.2 Å². The van der Waals surface area contributed by atoms with Crippen LogP contribution in [-0.4, -0.2) is 31.0 Å². The maximum absolute atomic E-state index is 8.79. The Kier molecular flexibility index (Phi) is 2.42. The quantitative estimate of drug-likeness (QED) is 0.733. The molecule has 0 unspecified atom stereocenters. The topological polar surface area (TPSA) is 81.9 Å². The van der Waals surface area contributed by atoms with Crippen molar-refractivity contribution < 1.29 is 5.11 Å². The predicted octanol–water partition coefficient (Wildman–Crippen LogP) is -0.142. The summed E-state index contributed by atoms with van der Waals surface area (Å²) in [5, 5.41) is 13.0. The zero-order chi connectivity index (χ0) is 10.8. The molecule has 0 aliphatic heterocycles. The van der Waals surface area contributed by atoms with Crippen molar-refractivity contribution in [2.45, 2.75) is 6.54 Å². The maximum Gasteiger partial charge on any atom is 0.122 e. The maximum atomic E-state index is 8.79. The summed E-state index contributed by atoms with van der Waals surface area (Å²) in [4.78, 5) is 4.17. The highest BCUT2D eigenvalue weighted by Crippen LogP contribution is 2.17. The molecule has 0 radical (unpaired) electrons. The minimum atomic E-state index is 0.0214. The van der Waals surface area contributed by atoms with Crippen molar-refractivity contribution in [3.05, 3.63) is 18.6 Å². The van der Waals surface area contributed by atoms with Crippen LogP contribution in [0.2, 0.25) is 0 Å². The molecule has 0 saturated heterocycles. The lowest BCUT2D eigenvalue weighted by atomic mass is 10.3. The minimum absolute atomic E-state index is 0.0214. The third-order valence-electron chi connectivity index (χ3n) is 2.09. The summed E-state index contributed by atoms with van der Waals surface area (Å²) < 4.78 is 3.40. The summed E-state index contributed by atoms with van der Waals surface area (Å²) in [6, 6.07) is 1.75. The Morgan fingerprint density at radius 2 is 2.27 bits per heavy atom. The molecule has 2 rings (SSSR count). The van der Waals surface area contributed by atoms with E-state index in [2.05, 4.69) is 10.1 Å². The summed E-state index contributed by atoms with van der Waals surface area (Å²) in [5.74, 6) is 0.532. The van der Waals surface area contributed by atoms with Crippen LogP contribution in [-0.2, 0) is 13.6 Å². The molecule has 6 heteroatoms. The Morgan fingerprint density at radius 1 is 1.47 bits per heavy atom. The summed E-state index contributed by atoms with van der Waals surface area (Å²) >= 11 is 0. The van der Waals surface area contributed by atoms with Gasteiger partial charge in [0.15, 0.2) is 0 Å². The lowest BCUT2D eigenvalue weighted by molar-refractivity contribution is 0.270. The van der Waals surface area contributed by atoms with E-state index in [4.69, 9.17) is 10.8 Å². The van der Waals surface area contributed by atoms with E-state index >= 15 is 0 Å². The van der Waals surface area contributed by atoms with Gasteiger partial charge in [-0.05, 0) is 0 Å². The number of aliphatic hydroxyl groups excluding tert-OH is 1. The second-order valence-corrected chi connectivity index (χ2v) is 3.33. The number of imidazole rings is 1. The molecule has 0 spiro atoms. The molecule has 80 valence electrons. The fourth-order valence-corrected chi connectivity index (χ4v) is 1.38. The van der Waals surface area contributed by atoms with Gasteiger partial charge in [-0.3, -0.25) is 0 Å². The van der Waals surface area contributed by atoms with Crippen LogP contribution in [0.4, 0.5) is 5.82 Å². The smallest absolute Gasteiger partial charge is 0.122 e. The zero-order valence-corrected chi connectivity index (χ0v) is 8.46. The van der Waals surface area contributed by atoms with Gasteiger partial charge in [-0.2, -0.15) is 5.10 Å². The fourth-order valence-electron chi connectivity index (χ4n) is 1.38. The van der Waals surface area contributed by atoms with E-state index in [1.807, 2.05) is 17.8 Å². The molecule has 0 fully saturated rings. The minimum Gasteiger partial charge on any atom is -0.394 e. The number of hydrogen-bond acceptors (Lipinski definition) is 4. The van der Waals surface area contributed by atoms with Gasteiger partial charge in [0, 0.05) is 19.3 Å². The lowest BCUT2D eigenvalue weighted by Gasteiger charge is -1.98. The molecule has 15 heavy (non-hydrogen) atoms. The van der Waals surface area contributed by atoms with Crippen LogP contribution in [0.5, 0.6) is 0 Å². The van der Waals surface area contributed by atoms with E-state index in [-0.39, 0.29) is 6.61 Å². The van der Waals surface area contributed by atoms with Gasteiger partial charge >= 0.3 is 0 Å². The first-order chi connectivity index (χ1) is 7.20. The molecule has 2 heterocycles. The zero-order valence-electron chi connectivity index (χ0n) is 8.46. The number of rotatable bonds is 3. The number of aromatic nitrogens is 4. The average molecular weight is 207 g/mol. The number of hydrogen-bond donors (Lipinski definition) is 2. The van der Waals surface area contributed by atoms with E-state index in [0.717, 1.165) is 11.4 Å². The van der Waals surface area contributed by atoms with E-state index in [1.54, 1.807) is 17.1 Å².